The summed E-state index contributed by atoms with van der Waals surface area (Å²) in [6.07, 6.45) is 0. The number of hydrogen-bond acceptors (Lipinski definition) is 5. The lowest BCUT2D eigenvalue weighted by atomic mass is 10.2. The second-order valence-corrected chi connectivity index (χ2v) is 6.01. The number of carbonyl (C=O) groups excluding carboxylic acids is 1. The highest BCUT2D eigenvalue weighted by molar-refractivity contribution is 8.00. The van der Waals surface area contributed by atoms with Crippen LogP contribution in [0, 0.1) is 0 Å². The minimum Gasteiger partial charge on any atom is -0.507 e. The quantitative estimate of drug-likeness (QED) is 0.701. The standard InChI is InChI=1S/C15H12ClN3O2S/c16-9-5-6-11-13(7-9)22-8-14(17-11)18-19-15(21)10-3-1-2-4-12(10)20/h1-7,20H,8H2,(H,17,18)(H,19,21). The highest BCUT2D eigenvalue weighted by Crippen LogP contribution is 2.35. The Morgan fingerprint density at radius 2 is 2.09 bits per heavy atom. The number of carbonyl (C=O) groups is 1. The van der Waals surface area contributed by atoms with E-state index >= 15 is 0 Å². The van der Waals surface area contributed by atoms with Crippen molar-refractivity contribution in [2.75, 3.05) is 5.75 Å². The van der Waals surface area contributed by atoms with Gasteiger partial charge >= 0.3 is 0 Å². The van der Waals surface area contributed by atoms with Crippen molar-refractivity contribution in [3.05, 3.63) is 53.1 Å². The number of para-hydroxylation sites is 1. The Morgan fingerprint density at radius 1 is 1.27 bits per heavy atom. The van der Waals surface area contributed by atoms with Gasteiger partial charge in [-0.25, -0.2) is 4.99 Å². The molecule has 0 fully saturated rings. The molecule has 1 aliphatic heterocycles. The van der Waals surface area contributed by atoms with E-state index < -0.39 is 5.91 Å². The van der Waals surface area contributed by atoms with Crippen molar-refractivity contribution in [2.45, 2.75) is 4.90 Å². The van der Waals surface area contributed by atoms with E-state index in [4.69, 9.17) is 11.6 Å². The summed E-state index contributed by atoms with van der Waals surface area (Å²) in [7, 11) is 0. The van der Waals surface area contributed by atoms with Crippen LogP contribution in [0.1, 0.15) is 10.4 Å². The Morgan fingerprint density at radius 3 is 2.91 bits per heavy atom. The molecule has 0 radical (unpaired) electrons. The number of halogens is 1. The molecule has 3 rings (SSSR count). The van der Waals surface area contributed by atoms with Crippen LogP contribution in [0.3, 0.4) is 0 Å². The lowest BCUT2D eigenvalue weighted by molar-refractivity contribution is 0.0941. The summed E-state index contributed by atoms with van der Waals surface area (Å²) in [5.41, 5.74) is 6.33. The number of benzene rings is 2. The van der Waals surface area contributed by atoms with E-state index in [0.29, 0.717) is 16.6 Å². The maximum atomic E-state index is 12.0. The number of nitrogens with zero attached hydrogens (tertiary/aromatic N) is 1. The van der Waals surface area contributed by atoms with Gasteiger partial charge in [-0.15, -0.1) is 11.8 Å². The fourth-order valence-electron chi connectivity index (χ4n) is 1.95. The molecule has 1 amide bonds. The summed E-state index contributed by atoms with van der Waals surface area (Å²) in [6, 6.07) is 11.8. The van der Waals surface area contributed by atoms with Crippen LogP contribution in [0.2, 0.25) is 5.02 Å². The van der Waals surface area contributed by atoms with Crippen LogP contribution in [0.25, 0.3) is 0 Å². The topological polar surface area (TPSA) is 73.7 Å². The molecule has 2 aromatic carbocycles. The van der Waals surface area contributed by atoms with Crippen LogP contribution in [0.5, 0.6) is 5.75 Å². The van der Waals surface area contributed by atoms with Crippen molar-refractivity contribution in [3.8, 4) is 5.75 Å². The first-order valence-corrected chi connectivity index (χ1v) is 7.84. The SMILES string of the molecule is O=C(NNC1=Nc2ccc(Cl)cc2SC1)c1ccccc1O. The number of phenolic OH excluding ortho intramolecular Hbond substituents is 1. The number of aromatic hydroxyl groups is 1. The zero-order valence-corrected chi connectivity index (χ0v) is 12.9. The molecule has 1 aliphatic rings. The molecule has 0 bridgehead atoms. The van der Waals surface area contributed by atoms with Crippen molar-refractivity contribution < 1.29 is 9.90 Å². The zero-order valence-electron chi connectivity index (χ0n) is 11.3. The number of rotatable bonds is 1. The van der Waals surface area contributed by atoms with Crippen LogP contribution >= 0.6 is 23.4 Å². The number of thioether (sulfide) groups is 1. The first-order valence-electron chi connectivity index (χ1n) is 6.48. The molecule has 1 heterocycles. The van der Waals surface area contributed by atoms with Crippen LogP contribution in [0.4, 0.5) is 5.69 Å². The van der Waals surface area contributed by atoms with Gasteiger partial charge in [-0.1, -0.05) is 23.7 Å². The predicted octanol–water partition coefficient (Wildman–Crippen LogP) is 3.12. The molecule has 0 aromatic heterocycles. The van der Waals surface area contributed by atoms with E-state index in [-0.39, 0.29) is 11.3 Å². The normalized spacial score (nSPS) is 13.0. The summed E-state index contributed by atoms with van der Waals surface area (Å²) < 4.78 is 0. The molecule has 0 atom stereocenters. The van der Waals surface area contributed by atoms with Gasteiger partial charge in [0.05, 0.1) is 17.0 Å². The van der Waals surface area contributed by atoms with E-state index in [1.807, 2.05) is 12.1 Å². The van der Waals surface area contributed by atoms with Gasteiger partial charge < -0.3 is 5.11 Å². The highest BCUT2D eigenvalue weighted by Gasteiger charge is 2.15. The number of fused-ring (bicyclic) bond motifs is 1. The largest absolute Gasteiger partial charge is 0.507 e. The van der Waals surface area contributed by atoms with Crippen LogP contribution in [-0.2, 0) is 0 Å². The lowest BCUT2D eigenvalue weighted by Gasteiger charge is -2.17. The third-order valence-corrected chi connectivity index (χ3v) is 4.30. The number of amides is 1. The molecule has 7 heteroatoms. The molecule has 0 aliphatic carbocycles. The van der Waals surface area contributed by atoms with E-state index in [9.17, 15) is 9.90 Å². The van der Waals surface area contributed by atoms with Gasteiger partial charge in [0.25, 0.3) is 5.91 Å². The first-order chi connectivity index (χ1) is 10.6. The molecule has 5 nitrogen and oxygen atoms in total. The Hall–Kier alpha value is -2.18. The Kier molecular flexibility index (Phi) is 4.22. The van der Waals surface area contributed by atoms with Crippen molar-refractivity contribution in [2.24, 2.45) is 4.99 Å². The average molecular weight is 334 g/mol. The molecule has 0 saturated heterocycles. The van der Waals surface area contributed by atoms with Gasteiger partial charge in [0.15, 0.2) is 0 Å². The van der Waals surface area contributed by atoms with Crippen LogP contribution in [0.15, 0.2) is 52.4 Å². The average Bonchev–Trinajstić information content (AvgIpc) is 2.53. The van der Waals surface area contributed by atoms with Gasteiger partial charge in [0.2, 0.25) is 0 Å². The molecule has 0 spiro atoms. The highest BCUT2D eigenvalue weighted by atomic mass is 35.5. The van der Waals surface area contributed by atoms with Gasteiger partial charge in [0.1, 0.15) is 11.6 Å². The van der Waals surface area contributed by atoms with Gasteiger partial charge in [-0.05, 0) is 30.3 Å². The molecule has 0 saturated carbocycles. The molecule has 2 aromatic rings. The third-order valence-electron chi connectivity index (χ3n) is 3.01. The summed E-state index contributed by atoms with van der Waals surface area (Å²) >= 11 is 7.52. The van der Waals surface area contributed by atoms with E-state index in [2.05, 4.69) is 15.8 Å². The fraction of sp³-hybridized carbons (Fsp3) is 0.0667. The molecule has 3 N–H and O–H groups in total. The number of phenols is 1. The predicted molar refractivity (Wildman–Crippen MR) is 88.0 cm³/mol. The Balaban J connectivity index is 1.69. The van der Waals surface area contributed by atoms with Crippen molar-refractivity contribution in [3.63, 3.8) is 0 Å². The minimum atomic E-state index is -0.423. The van der Waals surface area contributed by atoms with Gasteiger partial charge in [-0.3, -0.25) is 15.6 Å². The first kappa shape index (κ1) is 14.7. The Bertz CT molecular complexity index is 764. The van der Waals surface area contributed by atoms with E-state index in [1.165, 1.54) is 6.07 Å². The van der Waals surface area contributed by atoms with Gasteiger partial charge in [-0.2, -0.15) is 0 Å². The van der Waals surface area contributed by atoms with E-state index in [0.717, 1.165) is 10.6 Å². The second kappa shape index (κ2) is 6.29. The molecule has 112 valence electrons. The zero-order chi connectivity index (χ0) is 15.5. The number of nitrogens with one attached hydrogen (secondary N) is 2. The molecule has 0 unspecified atom stereocenters. The van der Waals surface area contributed by atoms with E-state index in [1.54, 1.807) is 36.0 Å². The molecule has 22 heavy (non-hydrogen) atoms. The maximum Gasteiger partial charge on any atom is 0.273 e. The van der Waals surface area contributed by atoms with Gasteiger partial charge in [0, 0.05) is 9.92 Å². The van der Waals surface area contributed by atoms with Crippen LogP contribution < -0.4 is 10.9 Å². The van der Waals surface area contributed by atoms with Crippen LogP contribution in [-0.4, -0.2) is 22.6 Å². The summed E-state index contributed by atoms with van der Waals surface area (Å²) in [5.74, 6) is 0.729. The lowest BCUT2D eigenvalue weighted by Crippen LogP contribution is -2.43. The number of amidine groups is 1. The second-order valence-electron chi connectivity index (χ2n) is 4.56. The summed E-state index contributed by atoms with van der Waals surface area (Å²) in [6.45, 7) is 0. The maximum absolute atomic E-state index is 12.0. The number of hydrogen-bond donors (Lipinski definition) is 3. The van der Waals surface area contributed by atoms with Crippen molar-refractivity contribution >= 4 is 40.8 Å². The summed E-state index contributed by atoms with van der Waals surface area (Å²) in [4.78, 5) is 17.4. The Labute approximate surface area is 136 Å². The minimum absolute atomic E-state index is 0.0678. The summed E-state index contributed by atoms with van der Waals surface area (Å²) in [5, 5.41) is 10.3. The smallest absolute Gasteiger partial charge is 0.273 e. The van der Waals surface area contributed by atoms with Crippen molar-refractivity contribution in [1.29, 1.82) is 0 Å². The monoisotopic (exact) mass is 333 g/mol. The molecular weight excluding hydrogens is 322 g/mol. The number of aliphatic imine (C=N–C) groups is 1. The fourth-order valence-corrected chi connectivity index (χ4v) is 3.08. The molecular formula is C15H12ClN3O2S. The number of hydrazine groups is 1. The third kappa shape index (κ3) is 3.18. The van der Waals surface area contributed by atoms with Crippen molar-refractivity contribution in [1.82, 2.24) is 10.9 Å².